The predicted molar refractivity (Wildman–Crippen MR) is 49.9 cm³/mol. The topological polar surface area (TPSA) is 70.3 Å². The number of alkyl halides is 3. The molecule has 0 radical (unpaired) electrons. The minimum Gasteiger partial charge on any atom is -0.741 e. The van der Waals surface area contributed by atoms with E-state index in [2.05, 4.69) is 0 Å². The monoisotopic (exact) mass is 273 g/mol. The van der Waals surface area contributed by atoms with Crippen molar-refractivity contribution in [1.82, 2.24) is 0 Å². The number of nitrogens with zero attached hydrogens (tertiary/aromatic N) is 1. The number of halogens is 3. The number of methoxy groups -OCH3 is 1. The van der Waals surface area contributed by atoms with Gasteiger partial charge in [-0.25, -0.2) is 13.0 Å². The van der Waals surface area contributed by atoms with Gasteiger partial charge in [0.2, 0.25) is 6.20 Å². The number of aromatic nitrogens is 1. The summed E-state index contributed by atoms with van der Waals surface area (Å²) < 4.78 is 65.8. The van der Waals surface area contributed by atoms with Crippen molar-refractivity contribution >= 4 is 10.1 Å². The summed E-state index contributed by atoms with van der Waals surface area (Å²) in [6.07, 6.45) is 3.88. The van der Waals surface area contributed by atoms with E-state index >= 15 is 0 Å². The van der Waals surface area contributed by atoms with Crippen molar-refractivity contribution in [1.29, 1.82) is 0 Å². The molecule has 0 aliphatic rings. The highest BCUT2D eigenvalue weighted by Crippen LogP contribution is 2.20. The zero-order valence-corrected chi connectivity index (χ0v) is 9.75. The molecule has 98 valence electrons. The van der Waals surface area contributed by atoms with Crippen LogP contribution in [0.5, 0.6) is 5.75 Å². The van der Waals surface area contributed by atoms with Gasteiger partial charge in [-0.1, -0.05) is 0 Å². The van der Waals surface area contributed by atoms with E-state index in [1.165, 1.54) is 0 Å². The van der Waals surface area contributed by atoms with Crippen LogP contribution < -0.4 is 9.30 Å². The molecule has 17 heavy (non-hydrogen) atoms. The summed E-state index contributed by atoms with van der Waals surface area (Å²) in [4.78, 5) is 0. The SMILES string of the molecule is COc1ccc[n+](C)c1.O=S(=O)([O-])C(F)(F)F. The molecule has 0 aromatic carbocycles. The lowest BCUT2D eigenvalue weighted by Crippen LogP contribution is -2.25. The molecule has 0 bridgehead atoms. The van der Waals surface area contributed by atoms with Crippen LogP contribution in [0.2, 0.25) is 0 Å². The molecule has 0 saturated heterocycles. The normalized spacial score (nSPS) is 11.4. The maximum Gasteiger partial charge on any atom is 0.485 e. The number of hydrogen-bond acceptors (Lipinski definition) is 4. The molecule has 1 rings (SSSR count). The Kier molecular flexibility index (Phi) is 5.36. The third-order valence-corrected chi connectivity index (χ3v) is 2.00. The standard InChI is InChI=1S/C7H10NO.CHF3O3S/c1-8-5-3-4-7(6-8)9-2;2-1(3,4)8(5,6)7/h3-6H,1-2H3;(H,5,6,7)/q+1;/p-1. The van der Waals surface area contributed by atoms with Crippen molar-refractivity contribution in [3.05, 3.63) is 24.5 Å². The van der Waals surface area contributed by atoms with E-state index in [-0.39, 0.29) is 0 Å². The second kappa shape index (κ2) is 5.82. The molecule has 1 heterocycles. The Labute approximate surface area is 96.2 Å². The van der Waals surface area contributed by atoms with Gasteiger partial charge < -0.3 is 9.29 Å². The van der Waals surface area contributed by atoms with Gasteiger partial charge in [0, 0.05) is 6.07 Å². The largest absolute Gasteiger partial charge is 0.741 e. The molecule has 0 N–H and O–H groups in total. The maximum absolute atomic E-state index is 10.7. The third-order valence-electron chi connectivity index (χ3n) is 1.43. The van der Waals surface area contributed by atoms with Gasteiger partial charge in [0.25, 0.3) is 0 Å². The number of pyridine rings is 1. The first-order valence-electron chi connectivity index (χ1n) is 4.09. The number of aryl methyl sites for hydroxylation is 1. The van der Waals surface area contributed by atoms with Crippen molar-refractivity contribution in [2.75, 3.05) is 7.11 Å². The van der Waals surface area contributed by atoms with Crippen LogP contribution >= 0.6 is 0 Å². The molecule has 9 heteroatoms. The Bertz CT molecular complexity index is 458. The van der Waals surface area contributed by atoms with Gasteiger partial charge in [-0.15, -0.1) is 0 Å². The van der Waals surface area contributed by atoms with Crippen molar-refractivity contribution in [3.8, 4) is 5.75 Å². The fraction of sp³-hybridized carbons (Fsp3) is 0.375. The lowest BCUT2D eigenvalue weighted by molar-refractivity contribution is -0.671. The molecule has 5 nitrogen and oxygen atoms in total. The second-order valence-corrected chi connectivity index (χ2v) is 4.18. The fourth-order valence-corrected chi connectivity index (χ4v) is 0.681. The van der Waals surface area contributed by atoms with E-state index in [1.807, 2.05) is 36.1 Å². The van der Waals surface area contributed by atoms with E-state index in [9.17, 15) is 13.2 Å². The van der Waals surface area contributed by atoms with Crippen molar-refractivity contribution in [3.63, 3.8) is 0 Å². The average molecular weight is 273 g/mol. The lowest BCUT2D eigenvalue weighted by atomic mass is 10.4. The predicted octanol–water partition coefficient (Wildman–Crippen LogP) is 0.571. The van der Waals surface area contributed by atoms with Crippen LogP contribution in [0.1, 0.15) is 0 Å². The smallest absolute Gasteiger partial charge is 0.485 e. The first-order chi connectivity index (χ1) is 7.58. The van der Waals surface area contributed by atoms with Gasteiger partial charge in [-0.3, -0.25) is 0 Å². The van der Waals surface area contributed by atoms with Crippen LogP contribution in [0.3, 0.4) is 0 Å². The van der Waals surface area contributed by atoms with Crippen LogP contribution in [0.4, 0.5) is 13.2 Å². The molecule has 0 aliphatic heterocycles. The van der Waals surface area contributed by atoms with Gasteiger partial charge >= 0.3 is 5.51 Å². The van der Waals surface area contributed by atoms with Gasteiger partial charge in [-0.2, -0.15) is 13.2 Å². The summed E-state index contributed by atoms with van der Waals surface area (Å²) in [6.45, 7) is 0. The number of rotatable bonds is 1. The highest BCUT2D eigenvalue weighted by Gasteiger charge is 2.36. The summed E-state index contributed by atoms with van der Waals surface area (Å²) in [6, 6.07) is 3.86. The van der Waals surface area contributed by atoms with Gasteiger partial charge in [0.1, 0.15) is 7.05 Å². The molecular formula is C8H10F3NO4S. The molecule has 0 fully saturated rings. The van der Waals surface area contributed by atoms with Crippen LogP contribution in [-0.2, 0) is 17.2 Å². The molecule has 0 unspecified atom stereocenters. The molecule has 0 amide bonds. The van der Waals surface area contributed by atoms with Crippen LogP contribution in [0, 0.1) is 0 Å². The molecule has 0 atom stereocenters. The Morgan fingerprint density at radius 1 is 1.41 bits per heavy atom. The van der Waals surface area contributed by atoms with Crippen molar-refractivity contribution in [2.24, 2.45) is 7.05 Å². The van der Waals surface area contributed by atoms with E-state index in [1.54, 1.807) is 7.11 Å². The summed E-state index contributed by atoms with van der Waals surface area (Å²) in [7, 11) is -2.47. The molecule has 0 spiro atoms. The lowest BCUT2D eigenvalue weighted by Gasteiger charge is -2.08. The Morgan fingerprint density at radius 3 is 2.12 bits per heavy atom. The number of hydrogen-bond donors (Lipinski definition) is 0. The van der Waals surface area contributed by atoms with E-state index < -0.39 is 15.6 Å². The molecule has 1 aromatic heterocycles. The summed E-state index contributed by atoms with van der Waals surface area (Å²) in [5.41, 5.74) is -5.65. The van der Waals surface area contributed by atoms with Crippen LogP contribution in [-0.4, -0.2) is 25.6 Å². The highest BCUT2D eigenvalue weighted by molar-refractivity contribution is 7.86. The summed E-state index contributed by atoms with van der Waals surface area (Å²) >= 11 is 0. The zero-order valence-electron chi connectivity index (χ0n) is 8.93. The maximum atomic E-state index is 10.7. The van der Waals surface area contributed by atoms with E-state index in [0.29, 0.717) is 0 Å². The average Bonchev–Trinajstić information content (AvgIpc) is 2.15. The van der Waals surface area contributed by atoms with E-state index in [0.717, 1.165) is 5.75 Å². The molecule has 0 aliphatic carbocycles. The summed E-state index contributed by atoms with van der Waals surface area (Å²) in [5, 5.41) is 0. The van der Waals surface area contributed by atoms with E-state index in [4.69, 9.17) is 17.7 Å². The molecule has 1 aromatic rings. The molecule has 0 saturated carbocycles. The van der Waals surface area contributed by atoms with Gasteiger partial charge in [0.05, 0.1) is 7.11 Å². The minimum absolute atomic E-state index is 0.889. The second-order valence-electron chi connectivity index (χ2n) is 2.81. The quantitative estimate of drug-likeness (QED) is 0.426. The fourth-order valence-electron chi connectivity index (χ4n) is 0.681. The summed E-state index contributed by atoms with van der Waals surface area (Å²) in [5.74, 6) is 0.889. The van der Waals surface area contributed by atoms with Gasteiger partial charge in [-0.05, 0) is 6.07 Å². The molecular weight excluding hydrogens is 263 g/mol. The zero-order chi connectivity index (χ0) is 13.7. The van der Waals surface area contributed by atoms with Crippen LogP contribution in [0.15, 0.2) is 24.5 Å². The van der Waals surface area contributed by atoms with Crippen molar-refractivity contribution < 1.29 is 35.4 Å². The Balaban J connectivity index is 0.000000304. The minimum atomic E-state index is -6.09. The Morgan fingerprint density at radius 2 is 1.88 bits per heavy atom. The highest BCUT2D eigenvalue weighted by atomic mass is 32.2. The first kappa shape index (κ1) is 15.6. The first-order valence-corrected chi connectivity index (χ1v) is 5.50. The third kappa shape index (κ3) is 6.07. The van der Waals surface area contributed by atoms with Gasteiger partial charge in [0.15, 0.2) is 22.1 Å². The van der Waals surface area contributed by atoms with Crippen LogP contribution in [0.25, 0.3) is 0 Å². The number of ether oxygens (including phenoxy) is 1. The van der Waals surface area contributed by atoms with Crippen molar-refractivity contribution in [2.45, 2.75) is 5.51 Å². The Hall–Kier alpha value is -1.35.